The van der Waals surface area contributed by atoms with Gasteiger partial charge in [-0.25, -0.2) is 9.97 Å². The molecule has 3 aromatic rings. The van der Waals surface area contributed by atoms with E-state index >= 15 is 0 Å². The SMILES string of the molecule is CCc1nsc(N2CCCN(c3cc(C)nc4ncnn34)CC2)n1. The van der Waals surface area contributed by atoms with E-state index < -0.39 is 0 Å². The first kappa shape index (κ1) is 15.3. The van der Waals surface area contributed by atoms with Crippen molar-refractivity contribution >= 4 is 28.3 Å². The molecule has 0 unspecified atom stereocenters. The fourth-order valence-electron chi connectivity index (χ4n) is 2.99. The lowest BCUT2D eigenvalue weighted by molar-refractivity contribution is 0.767. The van der Waals surface area contributed by atoms with Crippen LogP contribution in [0.4, 0.5) is 10.9 Å². The van der Waals surface area contributed by atoms with Crippen molar-refractivity contribution in [3.8, 4) is 0 Å². The van der Waals surface area contributed by atoms with Gasteiger partial charge in [-0.15, -0.1) is 0 Å². The van der Waals surface area contributed by atoms with Crippen molar-refractivity contribution in [3.05, 3.63) is 23.9 Å². The molecule has 1 aliphatic rings. The highest BCUT2D eigenvalue weighted by molar-refractivity contribution is 7.09. The highest BCUT2D eigenvalue weighted by atomic mass is 32.1. The van der Waals surface area contributed by atoms with Crippen molar-refractivity contribution in [2.45, 2.75) is 26.7 Å². The average molecular weight is 344 g/mol. The first-order valence-electron chi connectivity index (χ1n) is 8.24. The molecule has 24 heavy (non-hydrogen) atoms. The van der Waals surface area contributed by atoms with Crippen LogP contribution < -0.4 is 9.80 Å². The van der Waals surface area contributed by atoms with Gasteiger partial charge < -0.3 is 9.80 Å². The predicted molar refractivity (Wildman–Crippen MR) is 93.8 cm³/mol. The minimum atomic E-state index is 0.655. The summed E-state index contributed by atoms with van der Waals surface area (Å²) in [7, 11) is 0. The van der Waals surface area contributed by atoms with Crippen LogP contribution in [-0.4, -0.2) is 55.1 Å². The smallest absolute Gasteiger partial charge is 0.254 e. The van der Waals surface area contributed by atoms with Gasteiger partial charge in [0.05, 0.1) is 0 Å². The number of hydrogen-bond acceptors (Lipinski definition) is 8. The van der Waals surface area contributed by atoms with Gasteiger partial charge in [0.15, 0.2) is 0 Å². The maximum atomic E-state index is 4.62. The van der Waals surface area contributed by atoms with Crippen molar-refractivity contribution in [2.24, 2.45) is 0 Å². The summed E-state index contributed by atoms with van der Waals surface area (Å²) in [5.74, 6) is 2.65. The van der Waals surface area contributed by atoms with Gasteiger partial charge in [-0.1, -0.05) is 6.92 Å². The molecule has 0 aliphatic carbocycles. The number of hydrogen-bond donors (Lipinski definition) is 0. The number of rotatable bonds is 3. The Hall–Kier alpha value is -2.29. The highest BCUT2D eigenvalue weighted by Crippen LogP contribution is 2.22. The van der Waals surface area contributed by atoms with Crippen LogP contribution in [0.25, 0.3) is 5.78 Å². The zero-order valence-electron chi connectivity index (χ0n) is 13.9. The molecule has 0 N–H and O–H groups in total. The van der Waals surface area contributed by atoms with Gasteiger partial charge in [-0.2, -0.15) is 19.0 Å². The zero-order chi connectivity index (χ0) is 16.5. The van der Waals surface area contributed by atoms with E-state index in [1.165, 1.54) is 11.5 Å². The second kappa shape index (κ2) is 6.31. The van der Waals surface area contributed by atoms with Crippen LogP contribution in [0.1, 0.15) is 24.9 Å². The third-order valence-corrected chi connectivity index (χ3v) is 5.04. The van der Waals surface area contributed by atoms with Crippen LogP contribution in [0.5, 0.6) is 0 Å². The Morgan fingerprint density at radius 1 is 1.12 bits per heavy atom. The second-order valence-corrected chi connectivity index (χ2v) is 6.63. The minimum Gasteiger partial charge on any atom is -0.355 e. The summed E-state index contributed by atoms with van der Waals surface area (Å²) in [5.41, 5.74) is 0.961. The molecule has 1 fully saturated rings. The van der Waals surface area contributed by atoms with Gasteiger partial charge >= 0.3 is 0 Å². The van der Waals surface area contributed by atoms with Crippen molar-refractivity contribution in [1.29, 1.82) is 0 Å². The molecule has 0 spiro atoms. The predicted octanol–water partition coefficient (Wildman–Crippen LogP) is 1.56. The van der Waals surface area contributed by atoms with E-state index in [-0.39, 0.29) is 0 Å². The molecule has 0 radical (unpaired) electrons. The van der Waals surface area contributed by atoms with E-state index in [0.717, 1.165) is 61.5 Å². The van der Waals surface area contributed by atoms with Gasteiger partial charge in [0.2, 0.25) is 5.13 Å². The lowest BCUT2D eigenvalue weighted by Crippen LogP contribution is -2.32. The fraction of sp³-hybridized carbons (Fsp3) is 0.533. The Bertz CT molecular complexity index is 841. The first-order chi connectivity index (χ1) is 11.7. The molecule has 0 atom stereocenters. The molecule has 0 saturated carbocycles. The molecule has 3 aromatic heterocycles. The Morgan fingerprint density at radius 2 is 1.96 bits per heavy atom. The molecule has 4 heterocycles. The van der Waals surface area contributed by atoms with E-state index in [9.17, 15) is 0 Å². The summed E-state index contributed by atoms with van der Waals surface area (Å²) < 4.78 is 6.23. The van der Waals surface area contributed by atoms with Crippen molar-refractivity contribution in [2.75, 3.05) is 36.0 Å². The molecular formula is C15H20N8S. The summed E-state index contributed by atoms with van der Waals surface area (Å²) in [6.45, 7) is 7.91. The number of anilines is 2. The maximum Gasteiger partial charge on any atom is 0.254 e. The molecule has 126 valence electrons. The standard InChI is InChI=1S/C15H20N8S/c1-3-12-19-15(24-20-12)22-6-4-5-21(7-8-22)13-9-11(2)18-14-16-10-17-23(13)14/h9-10H,3-8H2,1-2H3. The lowest BCUT2D eigenvalue weighted by Gasteiger charge is -2.23. The van der Waals surface area contributed by atoms with E-state index in [4.69, 9.17) is 0 Å². The molecule has 4 rings (SSSR count). The molecule has 0 bridgehead atoms. The summed E-state index contributed by atoms with van der Waals surface area (Å²) in [4.78, 5) is 18.0. The molecule has 8 nitrogen and oxygen atoms in total. The van der Waals surface area contributed by atoms with Crippen LogP contribution in [0.3, 0.4) is 0 Å². The third-order valence-electron chi connectivity index (χ3n) is 4.23. The van der Waals surface area contributed by atoms with Crippen LogP contribution in [0.15, 0.2) is 12.4 Å². The quantitative estimate of drug-likeness (QED) is 0.714. The summed E-state index contributed by atoms with van der Waals surface area (Å²) in [5, 5.41) is 5.36. The maximum absolute atomic E-state index is 4.62. The highest BCUT2D eigenvalue weighted by Gasteiger charge is 2.20. The van der Waals surface area contributed by atoms with Crippen LogP contribution >= 0.6 is 11.5 Å². The Labute approximate surface area is 144 Å². The second-order valence-electron chi connectivity index (χ2n) is 5.90. The summed E-state index contributed by atoms with van der Waals surface area (Å²) in [6.07, 6.45) is 3.51. The molecule has 1 saturated heterocycles. The van der Waals surface area contributed by atoms with Gasteiger partial charge in [0.25, 0.3) is 5.78 Å². The zero-order valence-corrected chi connectivity index (χ0v) is 14.7. The monoisotopic (exact) mass is 344 g/mol. The summed E-state index contributed by atoms with van der Waals surface area (Å²) in [6, 6.07) is 2.08. The minimum absolute atomic E-state index is 0.655. The van der Waals surface area contributed by atoms with Crippen LogP contribution in [0, 0.1) is 6.92 Å². The van der Waals surface area contributed by atoms with Gasteiger partial charge in [0.1, 0.15) is 18.0 Å². The van der Waals surface area contributed by atoms with E-state index in [0.29, 0.717) is 5.78 Å². The average Bonchev–Trinajstić information content (AvgIpc) is 3.18. The van der Waals surface area contributed by atoms with Crippen LogP contribution in [0.2, 0.25) is 0 Å². The van der Waals surface area contributed by atoms with E-state index in [1.54, 1.807) is 6.33 Å². The van der Waals surface area contributed by atoms with E-state index in [2.05, 4.69) is 47.2 Å². The number of fused-ring (bicyclic) bond motifs is 1. The van der Waals surface area contributed by atoms with Gasteiger partial charge in [-0.3, -0.25) is 0 Å². The number of aryl methyl sites for hydroxylation is 2. The molecule has 0 aromatic carbocycles. The van der Waals surface area contributed by atoms with Crippen molar-refractivity contribution in [1.82, 2.24) is 28.9 Å². The Kier molecular flexibility index (Phi) is 4.01. The third kappa shape index (κ3) is 2.79. The molecule has 9 heteroatoms. The van der Waals surface area contributed by atoms with Gasteiger partial charge in [0, 0.05) is 55.9 Å². The molecular weight excluding hydrogens is 324 g/mol. The molecule has 1 aliphatic heterocycles. The van der Waals surface area contributed by atoms with Gasteiger partial charge in [-0.05, 0) is 13.3 Å². The molecule has 0 amide bonds. The largest absolute Gasteiger partial charge is 0.355 e. The number of nitrogens with zero attached hydrogens (tertiary/aromatic N) is 8. The van der Waals surface area contributed by atoms with Crippen molar-refractivity contribution in [3.63, 3.8) is 0 Å². The number of aromatic nitrogens is 6. The summed E-state index contributed by atoms with van der Waals surface area (Å²) >= 11 is 1.50. The normalized spacial score (nSPS) is 15.9. The topological polar surface area (TPSA) is 75.3 Å². The Morgan fingerprint density at radius 3 is 2.79 bits per heavy atom. The Balaban J connectivity index is 1.56. The fourth-order valence-corrected chi connectivity index (χ4v) is 3.79. The van der Waals surface area contributed by atoms with Crippen LogP contribution in [-0.2, 0) is 6.42 Å². The van der Waals surface area contributed by atoms with Crippen molar-refractivity contribution < 1.29 is 0 Å². The lowest BCUT2D eigenvalue weighted by atomic mass is 10.3. The first-order valence-corrected chi connectivity index (χ1v) is 9.02. The van der Waals surface area contributed by atoms with E-state index in [1.807, 2.05) is 11.4 Å².